The van der Waals surface area contributed by atoms with Crippen LogP contribution in [0.1, 0.15) is 28.4 Å². The molecule has 4 rings (SSSR count). The molecule has 1 atom stereocenters. The average Bonchev–Trinajstić information content (AvgIpc) is 3.22. The van der Waals surface area contributed by atoms with Crippen LogP contribution in [0.3, 0.4) is 0 Å². The van der Waals surface area contributed by atoms with Gasteiger partial charge in [-0.2, -0.15) is 13.2 Å². The van der Waals surface area contributed by atoms with Crippen LogP contribution in [0.5, 0.6) is 0 Å². The molecule has 0 aliphatic carbocycles. The molecule has 0 saturated carbocycles. The lowest BCUT2D eigenvalue weighted by atomic mass is 9.95. The fourth-order valence-electron chi connectivity index (χ4n) is 3.53. The smallest absolute Gasteiger partial charge is 0.376 e. The van der Waals surface area contributed by atoms with Crippen LogP contribution in [-0.4, -0.2) is 44.4 Å². The Hall–Kier alpha value is -3.60. The van der Waals surface area contributed by atoms with E-state index in [1.807, 2.05) is 0 Å². The molecule has 1 unspecified atom stereocenters. The first-order valence-corrected chi connectivity index (χ1v) is 9.54. The number of aliphatic hydroxyl groups is 1. The number of carbonyl (C=O) groups excluding carboxylic acids is 2. The monoisotopic (exact) mass is 448 g/mol. The fraction of sp³-hybridized carbons (Fsp3) is 0.238. The van der Waals surface area contributed by atoms with Crippen molar-refractivity contribution in [3.63, 3.8) is 0 Å². The summed E-state index contributed by atoms with van der Waals surface area (Å²) in [6, 6.07) is 6.72. The number of ketones is 1. The van der Waals surface area contributed by atoms with E-state index in [-0.39, 0.29) is 29.9 Å². The summed E-state index contributed by atoms with van der Waals surface area (Å²) in [6.07, 6.45) is -5.00. The highest BCUT2D eigenvalue weighted by Crippen LogP contribution is 2.32. The van der Waals surface area contributed by atoms with Gasteiger partial charge in [0.05, 0.1) is 24.0 Å². The van der Waals surface area contributed by atoms with Gasteiger partial charge in [0.1, 0.15) is 11.5 Å². The predicted molar refractivity (Wildman–Crippen MR) is 104 cm³/mol. The number of nitrogens with zero attached hydrogens (tertiary/aromatic N) is 4. The van der Waals surface area contributed by atoms with Gasteiger partial charge in [-0.15, -0.1) is 5.10 Å². The zero-order valence-electron chi connectivity index (χ0n) is 16.6. The molecule has 0 fully saturated rings. The van der Waals surface area contributed by atoms with Gasteiger partial charge >= 0.3 is 6.18 Å². The lowest BCUT2D eigenvalue weighted by Crippen LogP contribution is -2.48. The molecule has 2 heterocycles. The number of halogens is 4. The lowest BCUT2D eigenvalue weighted by molar-refractivity contribution is -0.137. The van der Waals surface area contributed by atoms with Crippen LogP contribution in [-0.2, 0) is 17.5 Å². The van der Waals surface area contributed by atoms with Gasteiger partial charge in [-0.1, -0.05) is 11.3 Å². The third kappa shape index (κ3) is 3.75. The van der Waals surface area contributed by atoms with Crippen molar-refractivity contribution in [2.24, 2.45) is 0 Å². The first kappa shape index (κ1) is 21.6. The summed E-state index contributed by atoms with van der Waals surface area (Å²) in [5.41, 5.74) is 0.0194. The van der Waals surface area contributed by atoms with Crippen molar-refractivity contribution in [1.29, 1.82) is 0 Å². The van der Waals surface area contributed by atoms with Crippen molar-refractivity contribution in [2.75, 3.05) is 11.4 Å². The third-order valence-electron chi connectivity index (χ3n) is 5.16. The molecule has 0 spiro atoms. The summed E-state index contributed by atoms with van der Waals surface area (Å²) in [5, 5.41) is 17.7. The Morgan fingerprint density at radius 3 is 2.56 bits per heavy atom. The molecule has 1 aliphatic heterocycles. The van der Waals surface area contributed by atoms with Gasteiger partial charge < -0.3 is 10.0 Å². The topological polar surface area (TPSA) is 88.3 Å². The van der Waals surface area contributed by atoms with Crippen molar-refractivity contribution < 1.29 is 32.3 Å². The van der Waals surface area contributed by atoms with Crippen molar-refractivity contribution in [1.82, 2.24) is 15.0 Å². The van der Waals surface area contributed by atoms with Crippen molar-refractivity contribution >= 4 is 17.4 Å². The van der Waals surface area contributed by atoms with E-state index in [0.29, 0.717) is 23.4 Å². The Kier molecular flexibility index (Phi) is 5.29. The van der Waals surface area contributed by atoms with Crippen LogP contribution < -0.4 is 4.90 Å². The maximum Gasteiger partial charge on any atom is 0.416 e. The second-order valence-electron chi connectivity index (χ2n) is 7.19. The Labute approximate surface area is 178 Å². The highest BCUT2D eigenvalue weighted by molar-refractivity contribution is 6.23. The molecule has 1 aliphatic rings. The molecule has 32 heavy (non-hydrogen) atoms. The average molecular weight is 448 g/mol. The molecule has 1 N–H and O–H groups in total. The molecule has 0 saturated heterocycles. The van der Waals surface area contributed by atoms with E-state index in [0.717, 1.165) is 6.07 Å². The summed E-state index contributed by atoms with van der Waals surface area (Å²) in [6.45, 7) is 1.67. The minimum atomic E-state index is -4.61. The molecule has 1 amide bonds. The van der Waals surface area contributed by atoms with Crippen molar-refractivity contribution in [3.05, 3.63) is 65.1 Å². The first-order valence-electron chi connectivity index (χ1n) is 9.54. The van der Waals surface area contributed by atoms with E-state index in [4.69, 9.17) is 0 Å². The van der Waals surface area contributed by atoms with Gasteiger partial charge in [0.25, 0.3) is 5.91 Å². The zero-order chi connectivity index (χ0) is 23.2. The molecular formula is C21H16F4N4O3. The van der Waals surface area contributed by atoms with Gasteiger partial charge in [0, 0.05) is 23.2 Å². The van der Waals surface area contributed by atoms with Gasteiger partial charge in [0.15, 0.2) is 6.10 Å². The number of rotatable bonds is 4. The minimum absolute atomic E-state index is 0.134. The maximum atomic E-state index is 14.0. The Bertz CT molecular complexity index is 1220. The third-order valence-corrected chi connectivity index (χ3v) is 5.16. The maximum absolute atomic E-state index is 14.0. The summed E-state index contributed by atoms with van der Waals surface area (Å²) >= 11 is 0. The number of hydrogen-bond donors (Lipinski definition) is 1. The SMILES string of the molecule is CCN1C(=O)C(O)C(=O)c2cc(-c3cn(Cc4cc(C(F)(F)F)ccc4F)nn3)ccc21. The van der Waals surface area contributed by atoms with Crippen LogP contribution in [0.2, 0.25) is 0 Å². The van der Waals surface area contributed by atoms with E-state index in [1.54, 1.807) is 19.1 Å². The predicted octanol–water partition coefficient (Wildman–Crippen LogP) is 3.06. The van der Waals surface area contributed by atoms with Crippen molar-refractivity contribution in [3.8, 4) is 11.3 Å². The number of aromatic nitrogens is 3. The number of alkyl halides is 3. The van der Waals surface area contributed by atoms with Crippen LogP contribution in [0.4, 0.5) is 23.2 Å². The molecule has 7 nitrogen and oxygen atoms in total. The van der Waals surface area contributed by atoms with E-state index >= 15 is 0 Å². The van der Waals surface area contributed by atoms with Gasteiger partial charge in [0.2, 0.25) is 5.78 Å². The van der Waals surface area contributed by atoms with Crippen molar-refractivity contribution in [2.45, 2.75) is 25.7 Å². The van der Waals surface area contributed by atoms with Crippen LogP contribution in [0, 0.1) is 5.82 Å². The Balaban J connectivity index is 1.64. The summed E-state index contributed by atoms with van der Waals surface area (Å²) in [7, 11) is 0. The molecule has 0 radical (unpaired) electrons. The van der Waals surface area contributed by atoms with Crippen LogP contribution >= 0.6 is 0 Å². The summed E-state index contributed by atoms with van der Waals surface area (Å²) < 4.78 is 53.9. The highest BCUT2D eigenvalue weighted by Gasteiger charge is 2.37. The van der Waals surface area contributed by atoms with Gasteiger partial charge in [-0.3, -0.25) is 9.59 Å². The number of benzene rings is 2. The van der Waals surface area contributed by atoms with E-state index in [9.17, 15) is 32.3 Å². The van der Waals surface area contributed by atoms with E-state index < -0.39 is 35.4 Å². The second-order valence-corrected chi connectivity index (χ2v) is 7.19. The number of anilines is 1. The fourth-order valence-corrected chi connectivity index (χ4v) is 3.53. The Morgan fingerprint density at radius 1 is 1.12 bits per heavy atom. The number of fused-ring (bicyclic) bond motifs is 1. The first-order chi connectivity index (χ1) is 15.1. The van der Waals surface area contributed by atoms with E-state index in [1.165, 1.54) is 21.8 Å². The van der Waals surface area contributed by atoms with Gasteiger partial charge in [-0.25, -0.2) is 9.07 Å². The molecule has 2 aromatic carbocycles. The number of hydrogen-bond acceptors (Lipinski definition) is 5. The quantitative estimate of drug-likeness (QED) is 0.490. The number of amides is 1. The van der Waals surface area contributed by atoms with Crippen LogP contribution in [0.25, 0.3) is 11.3 Å². The largest absolute Gasteiger partial charge is 0.416 e. The number of Topliss-reactive ketones (excluding diaryl/α,β-unsaturated/α-hetero) is 1. The lowest BCUT2D eigenvalue weighted by Gasteiger charge is -2.30. The molecule has 166 valence electrons. The molecular weight excluding hydrogens is 432 g/mol. The molecule has 3 aromatic rings. The second kappa shape index (κ2) is 7.83. The van der Waals surface area contributed by atoms with Gasteiger partial charge in [-0.05, 0) is 37.3 Å². The Morgan fingerprint density at radius 2 is 1.88 bits per heavy atom. The number of carbonyl (C=O) groups is 2. The summed E-state index contributed by atoms with van der Waals surface area (Å²) in [5.74, 6) is -2.26. The van der Waals surface area contributed by atoms with E-state index in [2.05, 4.69) is 10.3 Å². The summed E-state index contributed by atoms with van der Waals surface area (Å²) in [4.78, 5) is 25.8. The standard InChI is InChI=1S/C21H16F4N4O3/c1-2-29-17-6-3-11(8-14(17)18(30)19(31)20(29)32)16-10-28(27-26-16)9-12-7-13(21(23,24)25)4-5-15(12)22/h3-8,10,19,31H,2,9H2,1H3. The van der Waals surface area contributed by atoms with Crippen LogP contribution in [0.15, 0.2) is 42.6 Å². The zero-order valence-corrected chi connectivity index (χ0v) is 16.6. The molecule has 11 heteroatoms. The minimum Gasteiger partial charge on any atom is -0.376 e. The number of aliphatic hydroxyl groups excluding tert-OH is 1. The highest BCUT2D eigenvalue weighted by atomic mass is 19.4. The molecule has 1 aromatic heterocycles. The number of likely N-dealkylation sites (N-methyl/N-ethyl adjacent to an activating group) is 1. The normalized spacial score (nSPS) is 16.4. The molecule has 0 bridgehead atoms.